The Morgan fingerprint density at radius 1 is 1.00 bits per heavy atom. The maximum Gasteiger partial charge on any atom is 0.240 e. The molecule has 0 aromatic heterocycles. The second-order valence-electron chi connectivity index (χ2n) is 7.43. The molecule has 27 heavy (non-hydrogen) atoms. The fourth-order valence-corrected chi connectivity index (χ4v) is 5.13. The lowest BCUT2D eigenvalue weighted by molar-refractivity contribution is 0.410. The number of rotatable bonds is 8. The minimum Gasteiger partial charge on any atom is -0.497 e. The van der Waals surface area contributed by atoms with Crippen LogP contribution in [0.5, 0.6) is 5.75 Å². The van der Waals surface area contributed by atoms with E-state index in [4.69, 9.17) is 4.74 Å². The Balaban J connectivity index is 1.76. The highest BCUT2D eigenvalue weighted by Crippen LogP contribution is 2.41. The van der Waals surface area contributed by atoms with Crippen LogP contribution in [-0.2, 0) is 21.9 Å². The zero-order chi connectivity index (χ0) is 19.3. The molecule has 1 N–H and O–H groups in total. The third-order valence-electron chi connectivity index (χ3n) is 5.64. The standard InChI is InChI=1S/C22H29NO3S/c1-3-6-18-7-13-21(14-8-18)27(24,25)23-17-22(15-4-5-16-22)19-9-11-20(26-2)12-10-19/h7-14,23H,3-6,15-17H2,1-2H3. The molecule has 3 rings (SSSR count). The van der Waals surface area contributed by atoms with Crippen molar-refractivity contribution in [3.63, 3.8) is 0 Å². The van der Waals surface area contributed by atoms with Gasteiger partial charge in [-0.1, -0.05) is 50.5 Å². The molecule has 0 saturated heterocycles. The largest absolute Gasteiger partial charge is 0.497 e. The summed E-state index contributed by atoms with van der Waals surface area (Å²) >= 11 is 0. The first-order valence-electron chi connectivity index (χ1n) is 9.72. The Hall–Kier alpha value is -1.85. The van der Waals surface area contributed by atoms with E-state index >= 15 is 0 Å². The van der Waals surface area contributed by atoms with Crippen molar-refractivity contribution in [1.82, 2.24) is 4.72 Å². The Kier molecular flexibility index (Phi) is 6.22. The van der Waals surface area contributed by atoms with Gasteiger partial charge in [0.15, 0.2) is 0 Å². The van der Waals surface area contributed by atoms with Gasteiger partial charge in [0, 0.05) is 12.0 Å². The molecule has 0 heterocycles. The fourth-order valence-electron chi connectivity index (χ4n) is 4.00. The lowest BCUT2D eigenvalue weighted by atomic mass is 9.79. The Morgan fingerprint density at radius 2 is 1.63 bits per heavy atom. The molecule has 0 radical (unpaired) electrons. The van der Waals surface area contributed by atoms with Gasteiger partial charge in [0.05, 0.1) is 12.0 Å². The van der Waals surface area contributed by atoms with E-state index in [2.05, 4.69) is 23.8 Å². The van der Waals surface area contributed by atoms with Crippen LogP contribution >= 0.6 is 0 Å². The van der Waals surface area contributed by atoms with Gasteiger partial charge < -0.3 is 4.74 Å². The second-order valence-corrected chi connectivity index (χ2v) is 9.20. The van der Waals surface area contributed by atoms with Gasteiger partial charge in [-0.15, -0.1) is 0 Å². The highest BCUT2D eigenvalue weighted by atomic mass is 32.2. The van der Waals surface area contributed by atoms with Crippen LogP contribution in [0.1, 0.15) is 50.2 Å². The van der Waals surface area contributed by atoms with Crippen LogP contribution in [0.2, 0.25) is 0 Å². The highest BCUT2D eigenvalue weighted by Gasteiger charge is 2.36. The summed E-state index contributed by atoms with van der Waals surface area (Å²) < 4.78 is 33.7. The summed E-state index contributed by atoms with van der Waals surface area (Å²) in [6.07, 6.45) is 6.26. The summed E-state index contributed by atoms with van der Waals surface area (Å²) in [6.45, 7) is 2.55. The van der Waals surface area contributed by atoms with Crippen LogP contribution in [-0.4, -0.2) is 22.1 Å². The predicted octanol–water partition coefficient (Wildman–Crippen LogP) is 4.44. The number of hydrogen-bond donors (Lipinski definition) is 1. The van der Waals surface area contributed by atoms with Gasteiger partial charge in [-0.25, -0.2) is 13.1 Å². The van der Waals surface area contributed by atoms with E-state index in [1.807, 2.05) is 24.3 Å². The molecule has 0 aliphatic heterocycles. The molecule has 0 atom stereocenters. The average Bonchev–Trinajstić information content (AvgIpc) is 3.18. The van der Waals surface area contributed by atoms with Crippen molar-refractivity contribution >= 4 is 10.0 Å². The van der Waals surface area contributed by atoms with Crippen LogP contribution in [0, 0.1) is 0 Å². The van der Waals surface area contributed by atoms with E-state index in [0.29, 0.717) is 11.4 Å². The van der Waals surface area contributed by atoms with Crippen LogP contribution < -0.4 is 9.46 Å². The molecule has 1 saturated carbocycles. The number of sulfonamides is 1. The summed E-state index contributed by atoms with van der Waals surface area (Å²) in [7, 11) is -1.86. The van der Waals surface area contributed by atoms with Crippen molar-refractivity contribution < 1.29 is 13.2 Å². The SMILES string of the molecule is CCCc1ccc(S(=O)(=O)NCC2(c3ccc(OC)cc3)CCCC2)cc1. The quantitative estimate of drug-likeness (QED) is 0.729. The number of hydrogen-bond acceptors (Lipinski definition) is 3. The molecule has 2 aromatic rings. The van der Waals surface area contributed by atoms with E-state index in [1.165, 1.54) is 11.1 Å². The zero-order valence-corrected chi connectivity index (χ0v) is 17.0. The van der Waals surface area contributed by atoms with E-state index < -0.39 is 10.0 Å². The molecule has 4 nitrogen and oxygen atoms in total. The highest BCUT2D eigenvalue weighted by molar-refractivity contribution is 7.89. The second kappa shape index (κ2) is 8.44. The van der Waals surface area contributed by atoms with Crippen molar-refractivity contribution in [1.29, 1.82) is 0 Å². The van der Waals surface area contributed by atoms with Gasteiger partial charge in [0.2, 0.25) is 10.0 Å². The summed E-state index contributed by atoms with van der Waals surface area (Å²) in [5.41, 5.74) is 2.21. The molecule has 146 valence electrons. The van der Waals surface area contributed by atoms with Gasteiger partial charge in [0.1, 0.15) is 5.75 Å². The topological polar surface area (TPSA) is 55.4 Å². The van der Waals surface area contributed by atoms with E-state index in [0.717, 1.165) is 44.3 Å². The van der Waals surface area contributed by atoms with Crippen molar-refractivity contribution in [2.24, 2.45) is 0 Å². The van der Waals surface area contributed by atoms with Gasteiger partial charge in [-0.2, -0.15) is 0 Å². The van der Waals surface area contributed by atoms with E-state index in [-0.39, 0.29) is 5.41 Å². The molecule has 2 aromatic carbocycles. The van der Waals surface area contributed by atoms with Gasteiger partial charge in [-0.05, 0) is 54.7 Å². The molecule has 0 spiro atoms. The smallest absolute Gasteiger partial charge is 0.240 e. The van der Waals surface area contributed by atoms with Crippen molar-refractivity contribution in [3.05, 3.63) is 59.7 Å². The first kappa shape index (κ1) is 19.9. The number of ether oxygens (including phenoxy) is 1. The van der Waals surface area contributed by atoms with Crippen LogP contribution in [0.3, 0.4) is 0 Å². The maximum absolute atomic E-state index is 12.8. The Labute approximate surface area is 163 Å². The molecule has 1 aliphatic rings. The van der Waals surface area contributed by atoms with Crippen LogP contribution in [0.15, 0.2) is 53.4 Å². The lowest BCUT2D eigenvalue weighted by Gasteiger charge is -2.30. The number of methoxy groups -OCH3 is 1. The minimum absolute atomic E-state index is 0.137. The number of nitrogens with one attached hydrogen (secondary N) is 1. The average molecular weight is 388 g/mol. The summed E-state index contributed by atoms with van der Waals surface area (Å²) in [5, 5.41) is 0. The first-order chi connectivity index (χ1) is 13.0. The van der Waals surface area contributed by atoms with Crippen molar-refractivity contribution in [2.45, 2.75) is 55.8 Å². The predicted molar refractivity (Wildman–Crippen MR) is 109 cm³/mol. The number of aryl methyl sites for hydroxylation is 1. The van der Waals surface area contributed by atoms with Crippen LogP contribution in [0.4, 0.5) is 0 Å². The van der Waals surface area contributed by atoms with E-state index in [1.54, 1.807) is 19.2 Å². The monoisotopic (exact) mass is 387 g/mol. The normalized spacial score (nSPS) is 16.4. The molecular weight excluding hydrogens is 358 g/mol. The molecule has 0 unspecified atom stereocenters. The molecule has 1 aliphatic carbocycles. The minimum atomic E-state index is -3.51. The van der Waals surface area contributed by atoms with Gasteiger partial charge in [0.25, 0.3) is 0 Å². The van der Waals surface area contributed by atoms with Crippen LogP contribution in [0.25, 0.3) is 0 Å². The van der Waals surface area contributed by atoms with E-state index in [9.17, 15) is 8.42 Å². The van der Waals surface area contributed by atoms with Crippen molar-refractivity contribution in [3.8, 4) is 5.75 Å². The van der Waals surface area contributed by atoms with Crippen molar-refractivity contribution in [2.75, 3.05) is 13.7 Å². The third-order valence-corrected chi connectivity index (χ3v) is 7.05. The maximum atomic E-state index is 12.8. The van der Waals surface area contributed by atoms with Gasteiger partial charge in [-0.3, -0.25) is 0 Å². The molecular formula is C22H29NO3S. The summed E-state index contributed by atoms with van der Waals surface area (Å²) in [5.74, 6) is 0.819. The fraction of sp³-hybridized carbons (Fsp3) is 0.455. The molecule has 0 bridgehead atoms. The Bertz CT molecular complexity index is 836. The first-order valence-corrected chi connectivity index (χ1v) is 11.2. The molecule has 5 heteroatoms. The Morgan fingerprint density at radius 3 is 2.19 bits per heavy atom. The summed E-state index contributed by atoms with van der Waals surface area (Å²) in [6, 6.07) is 15.3. The summed E-state index contributed by atoms with van der Waals surface area (Å²) in [4.78, 5) is 0.338. The van der Waals surface area contributed by atoms with Gasteiger partial charge >= 0.3 is 0 Å². The molecule has 0 amide bonds. The zero-order valence-electron chi connectivity index (χ0n) is 16.2. The third kappa shape index (κ3) is 4.53. The number of benzene rings is 2. The molecule has 1 fully saturated rings. The lowest BCUT2D eigenvalue weighted by Crippen LogP contribution is -2.39.